The number of hydrogen-bond donors (Lipinski definition) is 1. The largest absolute Gasteiger partial charge is 0.310 e. The molecular weight excluding hydrogens is 210 g/mol. The van der Waals surface area contributed by atoms with Crippen LogP contribution >= 0.6 is 11.6 Å². The van der Waals surface area contributed by atoms with Crippen LogP contribution in [0.2, 0.25) is 5.15 Å². The Kier molecular flexibility index (Phi) is 2.15. The average Bonchev–Trinajstić information content (AvgIpc) is 2.88. The van der Waals surface area contributed by atoms with Crippen molar-refractivity contribution in [3.8, 4) is 0 Å². The van der Waals surface area contributed by atoms with Gasteiger partial charge in [0.2, 0.25) is 0 Å². The highest BCUT2D eigenvalue weighted by Crippen LogP contribution is 2.27. The van der Waals surface area contributed by atoms with E-state index in [1.165, 1.54) is 18.4 Å². The van der Waals surface area contributed by atoms with Crippen LogP contribution in [0.5, 0.6) is 0 Å². The van der Waals surface area contributed by atoms with Crippen LogP contribution in [0.15, 0.2) is 24.5 Å². The predicted molar refractivity (Wildman–Crippen MR) is 60.2 cm³/mol. The van der Waals surface area contributed by atoms with E-state index in [2.05, 4.69) is 16.4 Å². The zero-order valence-corrected chi connectivity index (χ0v) is 9.04. The molecule has 3 heterocycles. The summed E-state index contributed by atoms with van der Waals surface area (Å²) in [5, 5.41) is 4.15. The maximum Gasteiger partial charge on any atom is 0.142 e. The van der Waals surface area contributed by atoms with E-state index in [1.54, 1.807) is 6.20 Å². The van der Waals surface area contributed by atoms with Gasteiger partial charge in [-0.25, -0.2) is 4.98 Å². The van der Waals surface area contributed by atoms with Gasteiger partial charge in [0, 0.05) is 17.8 Å². The van der Waals surface area contributed by atoms with E-state index in [0.29, 0.717) is 11.2 Å². The molecule has 1 atom stereocenters. The topological polar surface area (TPSA) is 29.3 Å². The van der Waals surface area contributed by atoms with Gasteiger partial charge in [-0.05, 0) is 25.5 Å². The fraction of sp³-hybridized carbons (Fsp3) is 0.364. The molecule has 0 saturated carbocycles. The first-order valence-corrected chi connectivity index (χ1v) is 5.59. The van der Waals surface area contributed by atoms with Crippen molar-refractivity contribution in [2.75, 3.05) is 6.54 Å². The molecule has 1 fully saturated rings. The van der Waals surface area contributed by atoms with E-state index in [1.807, 2.05) is 16.7 Å². The number of fused-ring (bicyclic) bond motifs is 1. The number of aromatic nitrogens is 2. The van der Waals surface area contributed by atoms with Crippen molar-refractivity contribution in [3.05, 3.63) is 35.2 Å². The second kappa shape index (κ2) is 3.51. The normalized spacial score (nSPS) is 21.3. The van der Waals surface area contributed by atoms with Crippen molar-refractivity contribution in [1.29, 1.82) is 0 Å². The Labute approximate surface area is 93.1 Å². The van der Waals surface area contributed by atoms with Crippen molar-refractivity contribution in [2.24, 2.45) is 0 Å². The highest BCUT2D eigenvalue weighted by atomic mass is 35.5. The van der Waals surface area contributed by atoms with Gasteiger partial charge in [0.15, 0.2) is 0 Å². The minimum atomic E-state index is 0.437. The molecule has 4 heteroatoms. The van der Waals surface area contributed by atoms with Crippen molar-refractivity contribution in [3.63, 3.8) is 0 Å². The molecule has 1 N–H and O–H groups in total. The van der Waals surface area contributed by atoms with Gasteiger partial charge in [-0.1, -0.05) is 17.7 Å². The van der Waals surface area contributed by atoms with E-state index in [0.717, 1.165) is 12.2 Å². The van der Waals surface area contributed by atoms with Gasteiger partial charge in [-0.15, -0.1) is 0 Å². The van der Waals surface area contributed by atoms with E-state index < -0.39 is 0 Å². The highest BCUT2D eigenvalue weighted by Gasteiger charge is 2.19. The van der Waals surface area contributed by atoms with Gasteiger partial charge >= 0.3 is 0 Å². The lowest BCUT2D eigenvalue weighted by atomic mass is 10.1. The molecule has 2 aromatic heterocycles. The van der Waals surface area contributed by atoms with Crippen LogP contribution in [-0.2, 0) is 0 Å². The molecular formula is C11H12ClN3. The number of pyridine rings is 1. The summed E-state index contributed by atoms with van der Waals surface area (Å²) in [6.07, 6.45) is 6.07. The first-order valence-electron chi connectivity index (χ1n) is 5.21. The summed E-state index contributed by atoms with van der Waals surface area (Å²) in [6.45, 7) is 1.10. The molecule has 1 saturated heterocycles. The minimum absolute atomic E-state index is 0.437. The summed E-state index contributed by atoms with van der Waals surface area (Å²) in [5.74, 6) is 0. The van der Waals surface area contributed by atoms with Gasteiger partial charge in [-0.2, -0.15) is 0 Å². The molecule has 3 rings (SSSR count). The van der Waals surface area contributed by atoms with Crippen molar-refractivity contribution in [2.45, 2.75) is 18.9 Å². The maximum absolute atomic E-state index is 6.03. The smallest absolute Gasteiger partial charge is 0.142 e. The quantitative estimate of drug-likeness (QED) is 0.802. The predicted octanol–water partition coefficient (Wildman–Crippen LogP) is 2.41. The second-order valence-electron chi connectivity index (χ2n) is 3.89. The minimum Gasteiger partial charge on any atom is -0.310 e. The Morgan fingerprint density at radius 3 is 3.27 bits per heavy atom. The Bertz CT molecular complexity index is 486. The second-order valence-corrected chi connectivity index (χ2v) is 4.27. The van der Waals surface area contributed by atoms with E-state index in [9.17, 15) is 0 Å². The first kappa shape index (κ1) is 9.19. The van der Waals surface area contributed by atoms with Crippen molar-refractivity contribution in [1.82, 2.24) is 14.7 Å². The van der Waals surface area contributed by atoms with Gasteiger partial charge in [0.05, 0.1) is 6.20 Å². The third-order valence-corrected chi connectivity index (χ3v) is 3.24. The summed E-state index contributed by atoms with van der Waals surface area (Å²) in [7, 11) is 0. The molecule has 3 nitrogen and oxygen atoms in total. The molecule has 0 bridgehead atoms. The van der Waals surface area contributed by atoms with Gasteiger partial charge < -0.3 is 5.32 Å². The SMILES string of the molecule is Clc1cnc2c(C3CCCN3)cccn12. The summed E-state index contributed by atoms with van der Waals surface area (Å²) in [6, 6.07) is 4.59. The molecule has 0 amide bonds. The van der Waals surface area contributed by atoms with Gasteiger partial charge in [0.1, 0.15) is 10.8 Å². The lowest BCUT2D eigenvalue weighted by molar-refractivity contribution is 0.648. The molecule has 2 aromatic rings. The van der Waals surface area contributed by atoms with Crippen LogP contribution in [0.3, 0.4) is 0 Å². The molecule has 0 aliphatic carbocycles. The van der Waals surface area contributed by atoms with Crippen LogP contribution in [0.1, 0.15) is 24.4 Å². The molecule has 0 radical (unpaired) electrons. The Hall–Kier alpha value is -1.06. The van der Waals surface area contributed by atoms with Crippen LogP contribution in [0, 0.1) is 0 Å². The third kappa shape index (κ3) is 1.43. The summed E-state index contributed by atoms with van der Waals surface area (Å²) in [5.41, 5.74) is 2.23. The van der Waals surface area contributed by atoms with E-state index in [4.69, 9.17) is 11.6 Å². The van der Waals surface area contributed by atoms with Gasteiger partial charge in [0.25, 0.3) is 0 Å². The standard InChI is InChI=1S/C11H12ClN3/c12-10-7-14-11-8(3-2-6-15(10)11)9-4-1-5-13-9/h2-3,6-7,9,13H,1,4-5H2. The highest BCUT2D eigenvalue weighted by molar-refractivity contribution is 6.29. The molecule has 0 spiro atoms. The molecule has 1 aliphatic heterocycles. The zero-order valence-electron chi connectivity index (χ0n) is 8.28. The Balaban J connectivity index is 2.17. The zero-order chi connectivity index (χ0) is 10.3. The number of nitrogens with zero attached hydrogens (tertiary/aromatic N) is 2. The lowest BCUT2D eigenvalue weighted by Crippen LogP contribution is -2.13. The van der Waals surface area contributed by atoms with Crippen LogP contribution < -0.4 is 5.32 Å². The number of rotatable bonds is 1. The summed E-state index contributed by atoms with van der Waals surface area (Å²) in [4.78, 5) is 4.35. The van der Waals surface area contributed by atoms with E-state index >= 15 is 0 Å². The lowest BCUT2D eigenvalue weighted by Gasteiger charge is -2.11. The Morgan fingerprint density at radius 2 is 2.47 bits per heavy atom. The fourth-order valence-corrected chi connectivity index (χ4v) is 2.41. The first-order chi connectivity index (χ1) is 7.36. The third-order valence-electron chi connectivity index (χ3n) is 2.96. The van der Waals surface area contributed by atoms with Gasteiger partial charge in [-0.3, -0.25) is 4.40 Å². The van der Waals surface area contributed by atoms with E-state index in [-0.39, 0.29) is 0 Å². The molecule has 78 valence electrons. The fourth-order valence-electron chi connectivity index (χ4n) is 2.22. The van der Waals surface area contributed by atoms with Crippen molar-refractivity contribution >= 4 is 17.2 Å². The molecule has 15 heavy (non-hydrogen) atoms. The summed E-state index contributed by atoms with van der Waals surface area (Å²) >= 11 is 6.03. The number of nitrogens with one attached hydrogen (secondary N) is 1. The maximum atomic E-state index is 6.03. The van der Waals surface area contributed by atoms with Crippen LogP contribution in [-0.4, -0.2) is 15.9 Å². The molecule has 1 unspecified atom stereocenters. The number of halogens is 1. The van der Waals surface area contributed by atoms with Crippen LogP contribution in [0.25, 0.3) is 5.65 Å². The average molecular weight is 222 g/mol. The van der Waals surface area contributed by atoms with Crippen LogP contribution in [0.4, 0.5) is 0 Å². The van der Waals surface area contributed by atoms with Crippen molar-refractivity contribution < 1.29 is 0 Å². The number of hydrogen-bond acceptors (Lipinski definition) is 2. The number of imidazole rings is 1. The monoisotopic (exact) mass is 221 g/mol. The summed E-state index contributed by atoms with van der Waals surface area (Å²) < 4.78 is 1.93. The molecule has 1 aliphatic rings. The molecule has 0 aromatic carbocycles. The Morgan fingerprint density at radius 1 is 1.53 bits per heavy atom.